The van der Waals surface area contributed by atoms with E-state index in [1.807, 2.05) is 41.8 Å². The summed E-state index contributed by atoms with van der Waals surface area (Å²) in [6.07, 6.45) is 4.91. The normalized spacial score (nSPS) is 18.2. The molecule has 2 aromatic heterocycles. The quantitative estimate of drug-likeness (QED) is 0.726. The Balaban J connectivity index is 1.68. The molecule has 0 saturated carbocycles. The molecule has 1 aromatic carbocycles. The van der Waals surface area contributed by atoms with Gasteiger partial charge in [-0.05, 0) is 43.5 Å². The minimum Gasteiger partial charge on any atom is -0.441 e. The van der Waals surface area contributed by atoms with E-state index in [0.717, 1.165) is 37.0 Å². The third kappa shape index (κ3) is 2.48. The molecule has 4 rings (SSSR count). The number of aryl methyl sites for hydroxylation is 2. The summed E-state index contributed by atoms with van der Waals surface area (Å²) in [6, 6.07) is 7.56. The van der Waals surface area contributed by atoms with Gasteiger partial charge < -0.3 is 9.32 Å². The Morgan fingerprint density at radius 2 is 2.17 bits per heavy atom. The smallest absolute Gasteiger partial charge is 0.254 e. The third-order valence-corrected chi connectivity index (χ3v) is 4.71. The van der Waals surface area contributed by atoms with Crippen molar-refractivity contribution in [2.45, 2.75) is 32.2 Å². The maximum Gasteiger partial charge on any atom is 0.254 e. The molecule has 24 heavy (non-hydrogen) atoms. The van der Waals surface area contributed by atoms with Crippen molar-refractivity contribution in [1.82, 2.24) is 19.7 Å². The second-order valence-electron chi connectivity index (χ2n) is 6.31. The first-order valence-electron chi connectivity index (χ1n) is 8.29. The number of piperidine rings is 1. The van der Waals surface area contributed by atoms with Crippen molar-refractivity contribution in [3.8, 4) is 0 Å². The minimum atomic E-state index is 0.0388. The average Bonchev–Trinajstić information content (AvgIpc) is 3.17. The topological polar surface area (TPSA) is 64.2 Å². The Morgan fingerprint density at radius 3 is 2.96 bits per heavy atom. The molecule has 3 aromatic rings. The molecule has 124 valence electrons. The second-order valence-corrected chi connectivity index (χ2v) is 6.31. The van der Waals surface area contributed by atoms with Crippen molar-refractivity contribution in [1.29, 1.82) is 0 Å². The van der Waals surface area contributed by atoms with Gasteiger partial charge in [-0.25, -0.2) is 4.98 Å². The van der Waals surface area contributed by atoms with Crippen LogP contribution in [0.3, 0.4) is 0 Å². The van der Waals surface area contributed by atoms with Gasteiger partial charge in [0.2, 0.25) is 0 Å². The Bertz CT molecular complexity index is 895. The van der Waals surface area contributed by atoms with Gasteiger partial charge in [0.15, 0.2) is 11.5 Å². The van der Waals surface area contributed by atoms with Crippen LogP contribution in [0, 0.1) is 6.92 Å². The maximum absolute atomic E-state index is 13.1. The Hall–Kier alpha value is -2.63. The maximum atomic E-state index is 13.1. The van der Waals surface area contributed by atoms with Crippen molar-refractivity contribution in [3.63, 3.8) is 0 Å². The van der Waals surface area contributed by atoms with E-state index in [0.29, 0.717) is 17.0 Å². The van der Waals surface area contributed by atoms with Gasteiger partial charge >= 0.3 is 0 Å². The van der Waals surface area contributed by atoms with E-state index in [9.17, 15) is 4.79 Å². The molecule has 0 spiro atoms. The minimum absolute atomic E-state index is 0.0388. The summed E-state index contributed by atoms with van der Waals surface area (Å²) in [7, 11) is 1.93. The van der Waals surface area contributed by atoms with Gasteiger partial charge in [-0.1, -0.05) is 0 Å². The number of oxazole rings is 1. The van der Waals surface area contributed by atoms with Crippen LogP contribution in [0.2, 0.25) is 0 Å². The van der Waals surface area contributed by atoms with Crippen LogP contribution in [-0.2, 0) is 7.05 Å². The molecule has 1 amide bonds. The molecule has 1 saturated heterocycles. The summed E-state index contributed by atoms with van der Waals surface area (Å²) in [4.78, 5) is 19.4. The summed E-state index contributed by atoms with van der Waals surface area (Å²) in [5.74, 6) is 0.650. The highest BCUT2D eigenvalue weighted by atomic mass is 16.3. The zero-order valence-corrected chi connectivity index (χ0v) is 13.9. The van der Waals surface area contributed by atoms with Crippen molar-refractivity contribution in [3.05, 3.63) is 47.6 Å². The summed E-state index contributed by atoms with van der Waals surface area (Å²) < 4.78 is 7.43. The van der Waals surface area contributed by atoms with E-state index < -0.39 is 0 Å². The van der Waals surface area contributed by atoms with Crippen molar-refractivity contribution in [2.24, 2.45) is 7.05 Å². The van der Waals surface area contributed by atoms with Gasteiger partial charge in [0.25, 0.3) is 5.91 Å². The van der Waals surface area contributed by atoms with Crippen LogP contribution in [-0.4, -0.2) is 32.1 Å². The standard InChI is InChI=1S/C18H20N4O2/c1-12-20-14-7-6-13(11-17(14)24-12)18(23)22-10-4-3-5-16(22)15-8-9-19-21(15)2/h6-9,11,16H,3-5,10H2,1-2H3/t16-/m1/s1. The number of hydrogen-bond donors (Lipinski definition) is 0. The van der Waals surface area contributed by atoms with E-state index >= 15 is 0 Å². The summed E-state index contributed by atoms with van der Waals surface area (Å²) in [5.41, 5.74) is 3.17. The monoisotopic (exact) mass is 324 g/mol. The number of aromatic nitrogens is 3. The van der Waals surface area contributed by atoms with Crippen LogP contribution >= 0.6 is 0 Å². The fraction of sp³-hybridized carbons (Fsp3) is 0.389. The highest BCUT2D eigenvalue weighted by molar-refractivity contribution is 5.97. The molecule has 1 aliphatic rings. The lowest BCUT2D eigenvalue weighted by Crippen LogP contribution is -2.39. The zero-order valence-electron chi connectivity index (χ0n) is 13.9. The first-order chi connectivity index (χ1) is 11.6. The average molecular weight is 324 g/mol. The molecule has 0 unspecified atom stereocenters. The molecule has 3 heterocycles. The Morgan fingerprint density at radius 1 is 1.29 bits per heavy atom. The highest BCUT2D eigenvalue weighted by Crippen LogP contribution is 2.32. The van der Waals surface area contributed by atoms with Crippen LogP contribution < -0.4 is 0 Å². The Kier molecular flexibility index (Phi) is 3.59. The highest BCUT2D eigenvalue weighted by Gasteiger charge is 2.30. The van der Waals surface area contributed by atoms with Crippen LogP contribution in [0.5, 0.6) is 0 Å². The molecule has 0 aliphatic carbocycles. The van der Waals surface area contributed by atoms with E-state index in [2.05, 4.69) is 10.1 Å². The van der Waals surface area contributed by atoms with Crippen molar-refractivity contribution >= 4 is 17.0 Å². The lowest BCUT2D eigenvalue weighted by Gasteiger charge is -2.35. The summed E-state index contributed by atoms with van der Waals surface area (Å²) >= 11 is 0. The van der Waals surface area contributed by atoms with Gasteiger partial charge in [-0.3, -0.25) is 9.48 Å². The lowest BCUT2D eigenvalue weighted by molar-refractivity contribution is 0.0601. The number of hydrogen-bond acceptors (Lipinski definition) is 4. The van der Waals surface area contributed by atoms with Crippen LogP contribution in [0.15, 0.2) is 34.9 Å². The zero-order chi connectivity index (χ0) is 16.7. The molecular formula is C18H20N4O2. The second kappa shape index (κ2) is 5.78. The largest absolute Gasteiger partial charge is 0.441 e. The predicted molar refractivity (Wildman–Crippen MR) is 89.6 cm³/mol. The molecule has 0 N–H and O–H groups in total. The lowest BCUT2D eigenvalue weighted by atomic mass is 9.98. The molecule has 6 nitrogen and oxygen atoms in total. The number of carbonyl (C=O) groups is 1. The summed E-state index contributed by atoms with van der Waals surface area (Å²) in [6.45, 7) is 2.58. The van der Waals surface area contributed by atoms with Gasteiger partial charge in [0.05, 0.1) is 11.7 Å². The number of fused-ring (bicyclic) bond motifs is 1. The fourth-order valence-electron chi connectivity index (χ4n) is 3.53. The van der Waals surface area contributed by atoms with E-state index in [1.54, 1.807) is 12.3 Å². The predicted octanol–water partition coefficient (Wildman–Crippen LogP) is 3.24. The third-order valence-electron chi connectivity index (χ3n) is 4.71. The van der Waals surface area contributed by atoms with Crippen LogP contribution in [0.4, 0.5) is 0 Å². The van der Waals surface area contributed by atoms with Crippen molar-refractivity contribution in [2.75, 3.05) is 6.54 Å². The number of amides is 1. The van der Waals surface area contributed by atoms with Gasteiger partial charge in [0.1, 0.15) is 5.52 Å². The molecule has 6 heteroatoms. The summed E-state index contributed by atoms with van der Waals surface area (Å²) in [5, 5.41) is 4.26. The number of benzene rings is 1. The van der Waals surface area contributed by atoms with Gasteiger partial charge in [-0.15, -0.1) is 0 Å². The Labute approximate surface area is 140 Å². The first-order valence-corrected chi connectivity index (χ1v) is 8.29. The number of rotatable bonds is 2. The van der Waals surface area contributed by atoms with E-state index in [4.69, 9.17) is 4.42 Å². The SMILES string of the molecule is Cc1nc2ccc(C(=O)N3CCCC[C@@H]3c3ccnn3C)cc2o1. The van der Waals surface area contributed by atoms with Gasteiger partial charge in [0, 0.05) is 32.3 Å². The van der Waals surface area contributed by atoms with Gasteiger partial charge in [-0.2, -0.15) is 5.10 Å². The van der Waals surface area contributed by atoms with Crippen molar-refractivity contribution < 1.29 is 9.21 Å². The molecular weight excluding hydrogens is 304 g/mol. The number of carbonyl (C=O) groups excluding carboxylic acids is 1. The van der Waals surface area contributed by atoms with Crippen LogP contribution in [0.25, 0.3) is 11.1 Å². The molecule has 0 bridgehead atoms. The fourth-order valence-corrected chi connectivity index (χ4v) is 3.53. The molecule has 1 atom stereocenters. The number of nitrogens with zero attached hydrogens (tertiary/aromatic N) is 4. The molecule has 0 radical (unpaired) electrons. The molecule has 1 aliphatic heterocycles. The number of likely N-dealkylation sites (tertiary alicyclic amines) is 1. The van der Waals surface area contributed by atoms with E-state index in [1.165, 1.54) is 0 Å². The molecule has 1 fully saturated rings. The first kappa shape index (κ1) is 14.9. The van der Waals surface area contributed by atoms with Crippen LogP contribution in [0.1, 0.15) is 47.2 Å². The van der Waals surface area contributed by atoms with E-state index in [-0.39, 0.29) is 11.9 Å².